The predicted molar refractivity (Wildman–Crippen MR) is 95.8 cm³/mol. The van der Waals surface area contributed by atoms with E-state index in [2.05, 4.69) is 5.32 Å². The van der Waals surface area contributed by atoms with E-state index in [4.69, 9.17) is 5.11 Å². The lowest BCUT2D eigenvalue weighted by Crippen LogP contribution is -2.38. The lowest BCUT2D eigenvalue weighted by molar-refractivity contribution is -0.138. The van der Waals surface area contributed by atoms with Gasteiger partial charge in [0, 0.05) is 37.9 Å². The van der Waals surface area contributed by atoms with E-state index in [9.17, 15) is 14.4 Å². The summed E-state index contributed by atoms with van der Waals surface area (Å²) in [6.45, 7) is 6.55. The second kappa shape index (κ2) is 9.81. The lowest BCUT2D eigenvalue weighted by Gasteiger charge is -2.23. The molecular weight excluding hydrogens is 320 g/mol. The number of amides is 2. The highest BCUT2D eigenvalue weighted by Gasteiger charge is 2.21. The first-order valence-electron chi connectivity index (χ1n) is 8.52. The zero-order valence-corrected chi connectivity index (χ0v) is 15.2. The molecule has 138 valence electrons. The number of aliphatic carboxylic acids is 1. The normalized spacial score (nSPS) is 11.0. The molecule has 1 aromatic carbocycles. The molecule has 0 heterocycles. The maximum absolute atomic E-state index is 12.5. The topological polar surface area (TPSA) is 86.7 Å². The van der Waals surface area contributed by atoms with Crippen molar-refractivity contribution in [3.8, 4) is 0 Å². The van der Waals surface area contributed by atoms with Gasteiger partial charge >= 0.3 is 5.97 Å². The molecule has 0 bridgehead atoms. The van der Waals surface area contributed by atoms with Gasteiger partial charge in [0.15, 0.2) is 0 Å². The summed E-state index contributed by atoms with van der Waals surface area (Å²) in [6, 6.07) is 9.57. The highest BCUT2D eigenvalue weighted by molar-refractivity contribution is 5.82. The van der Waals surface area contributed by atoms with Crippen molar-refractivity contribution in [2.45, 2.75) is 46.6 Å². The van der Waals surface area contributed by atoms with E-state index in [0.29, 0.717) is 19.5 Å². The van der Waals surface area contributed by atoms with Crippen LogP contribution < -0.4 is 5.32 Å². The number of rotatable bonds is 9. The minimum absolute atomic E-state index is 0.0271. The van der Waals surface area contributed by atoms with Crippen molar-refractivity contribution in [3.05, 3.63) is 35.9 Å². The van der Waals surface area contributed by atoms with Crippen molar-refractivity contribution in [1.82, 2.24) is 10.2 Å². The molecule has 0 atom stereocenters. The summed E-state index contributed by atoms with van der Waals surface area (Å²) < 4.78 is 0. The van der Waals surface area contributed by atoms with Gasteiger partial charge in [-0.15, -0.1) is 0 Å². The van der Waals surface area contributed by atoms with E-state index in [1.54, 1.807) is 4.90 Å². The van der Waals surface area contributed by atoms with Crippen molar-refractivity contribution in [2.75, 3.05) is 13.1 Å². The second-order valence-corrected chi connectivity index (χ2v) is 7.05. The van der Waals surface area contributed by atoms with Gasteiger partial charge in [-0.05, 0) is 12.0 Å². The number of carboxylic acids is 1. The molecule has 0 aliphatic heterocycles. The molecule has 0 fully saturated rings. The number of carboxylic acid groups (broad SMARTS) is 1. The van der Waals surface area contributed by atoms with Crippen LogP contribution in [-0.2, 0) is 20.9 Å². The number of nitrogens with zero attached hydrogens (tertiary/aromatic N) is 1. The number of benzene rings is 1. The lowest BCUT2D eigenvalue weighted by atomic mass is 9.96. The summed E-state index contributed by atoms with van der Waals surface area (Å²) in [4.78, 5) is 36.7. The second-order valence-electron chi connectivity index (χ2n) is 7.05. The van der Waals surface area contributed by atoms with Gasteiger partial charge in [-0.1, -0.05) is 51.1 Å². The van der Waals surface area contributed by atoms with Crippen molar-refractivity contribution < 1.29 is 19.5 Å². The zero-order valence-electron chi connectivity index (χ0n) is 15.2. The first-order chi connectivity index (χ1) is 11.7. The molecule has 0 aromatic heterocycles. The SMILES string of the molecule is CC(C)(C)C(=O)NCCC(=O)N(CCCC(=O)O)Cc1ccccc1. The Morgan fingerprint density at radius 1 is 1.08 bits per heavy atom. The standard InChI is InChI=1S/C19H28N2O4/c1-19(2,3)18(25)20-12-11-16(22)21(13-7-10-17(23)24)14-15-8-5-4-6-9-15/h4-6,8-9H,7,10-14H2,1-3H3,(H,20,25)(H,23,24). The third-order valence-electron chi connectivity index (χ3n) is 3.69. The minimum Gasteiger partial charge on any atom is -0.481 e. The van der Waals surface area contributed by atoms with Crippen LogP contribution in [0.5, 0.6) is 0 Å². The fraction of sp³-hybridized carbons (Fsp3) is 0.526. The largest absolute Gasteiger partial charge is 0.481 e. The molecule has 0 radical (unpaired) electrons. The maximum atomic E-state index is 12.5. The molecule has 25 heavy (non-hydrogen) atoms. The Morgan fingerprint density at radius 3 is 2.28 bits per heavy atom. The molecule has 0 saturated carbocycles. The van der Waals surface area contributed by atoms with Crippen LogP contribution in [0.2, 0.25) is 0 Å². The first-order valence-corrected chi connectivity index (χ1v) is 8.52. The molecule has 0 aliphatic carbocycles. The van der Waals surface area contributed by atoms with Crippen LogP contribution >= 0.6 is 0 Å². The molecule has 0 unspecified atom stereocenters. The molecule has 0 saturated heterocycles. The van der Waals surface area contributed by atoms with Crippen LogP contribution in [0, 0.1) is 5.41 Å². The fourth-order valence-electron chi connectivity index (χ4n) is 2.22. The van der Waals surface area contributed by atoms with E-state index < -0.39 is 11.4 Å². The van der Waals surface area contributed by atoms with Crippen molar-refractivity contribution >= 4 is 17.8 Å². The Labute approximate surface area is 149 Å². The number of hydrogen-bond acceptors (Lipinski definition) is 3. The molecule has 1 rings (SSSR count). The number of nitrogens with one attached hydrogen (secondary N) is 1. The summed E-state index contributed by atoms with van der Waals surface area (Å²) in [5, 5.41) is 11.5. The Hall–Kier alpha value is -2.37. The van der Waals surface area contributed by atoms with Crippen molar-refractivity contribution in [2.24, 2.45) is 5.41 Å². The summed E-state index contributed by atoms with van der Waals surface area (Å²) in [7, 11) is 0. The quantitative estimate of drug-likeness (QED) is 0.717. The molecule has 2 N–H and O–H groups in total. The molecule has 2 amide bonds. The first kappa shape index (κ1) is 20.7. The molecular formula is C19H28N2O4. The molecule has 6 heteroatoms. The van der Waals surface area contributed by atoms with Gasteiger partial charge in [-0.25, -0.2) is 0 Å². The average Bonchev–Trinajstić information content (AvgIpc) is 2.53. The Bertz CT molecular complexity index is 579. The van der Waals surface area contributed by atoms with E-state index >= 15 is 0 Å². The average molecular weight is 348 g/mol. The van der Waals surface area contributed by atoms with Gasteiger partial charge in [0.2, 0.25) is 11.8 Å². The van der Waals surface area contributed by atoms with Crippen LogP contribution in [0.15, 0.2) is 30.3 Å². The monoisotopic (exact) mass is 348 g/mol. The van der Waals surface area contributed by atoms with Gasteiger partial charge in [-0.3, -0.25) is 14.4 Å². The van der Waals surface area contributed by atoms with Crippen molar-refractivity contribution in [1.29, 1.82) is 0 Å². The summed E-state index contributed by atoms with van der Waals surface area (Å²) in [5.41, 5.74) is 0.499. The number of carbonyl (C=O) groups excluding carboxylic acids is 2. The number of hydrogen-bond donors (Lipinski definition) is 2. The van der Waals surface area contributed by atoms with E-state index in [1.165, 1.54) is 0 Å². The third kappa shape index (κ3) is 8.33. The van der Waals surface area contributed by atoms with E-state index in [0.717, 1.165) is 5.56 Å². The van der Waals surface area contributed by atoms with Crippen LogP contribution in [0.1, 0.15) is 45.6 Å². The van der Waals surface area contributed by atoms with Crippen LogP contribution in [0.3, 0.4) is 0 Å². The summed E-state index contributed by atoms with van der Waals surface area (Å²) >= 11 is 0. The van der Waals surface area contributed by atoms with Gasteiger partial charge in [0.25, 0.3) is 0 Å². The van der Waals surface area contributed by atoms with Crippen LogP contribution in [-0.4, -0.2) is 40.9 Å². The Balaban J connectivity index is 2.59. The van der Waals surface area contributed by atoms with Crippen LogP contribution in [0.4, 0.5) is 0 Å². The molecule has 0 spiro atoms. The smallest absolute Gasteiger partial charge is 0.303 e. The fourth-order valence-corrected chi connectivity index (χ4v) is 2.22. The van der Waals surface area contributed by atoms with Gasteiger partial charge in [0.05, 0.1) is 0 Å². The molecule has 1 aromatic rings. The molecule has 6 nitrogen and oxygen atoms in total. The van der Waals surface area contributed by atoms with Gasteiger partial charge < -0.3 is 15.3 Å². The van der Waals surface area contributed by atoms with Crippen LogP contribution in [0.25, 0.3) is 0 Å². The van der Waals surface area contributed by atoms with Crippen molar-refractivity contribution in [3.63, 3.8) is 0 Å². The summed E-state index contributed by atoms with van der Waals surface area (Å²) in [5.74, 6) is -1.06. The summed E-state index contributed by atoms with van der Waals surface area (Å²) in [6.07, 6.45) is 0.628. The zero-order chi connectivity index (χ0) is 18.9. The van der Waals surface area contributed by atoms with E-state index in [1.807, 2.05) is 51.1 Å². The highest BCUT2D eigenvalue weighted by Crippen LogP contribution is 2.12. The van der Waals surface area contributed by atoms with Gasteiger partial charge in [0.1, 0.15) is 0 Å². The van der Waals surface area contributed by atoms with Gasteiger partial charge in [-0.2, -0.15) is 0 Å². The highest BCUT2D eigenvalue weighted by atomic mass is 16.4. The Morgan fingerprint density at radius 2 is 1.72 bits per heavy atom. The molecule has 0 aliphatic rings. The number of carbonyl (C=O) groups is 3. The third-order valence-corrected chi connectivity index (χ3v) is 3.69. The predicted octanol–water partition coefficient (Wildman–Crippen LogP) is 2.43. The Kier molecular flexibility index (Phi) is 8.11. The van der Waals surface area contributed by atoms with E-state index in [-0.39, 0.29) is 31.2 Å². The maximum Gasteiger partial charge on any atom is 0.303 e. The minimum atomic E-state index is -0.871.